The van der Waals surface area contributed by atoms with Crippen molar-refractivity contribution in [1.29, 1.82) is 0 Å². The third-order valence-corrected chi connectivity index (χ3v) is 6.64. The zero-order valence-corrected chi connectivity index (χ0v) is 18.9. The number of aromatic nitrogens is 1. The van der Waals surface area contributed by atoms with Crippen molar-refractivity contribution in [2.45, 2.75) is 26.8 Å². The number of amides is 1. The standard InChI is InChI=1S/C25H19FN2O4S/c1-12-10-13(2)20-18(11-12)33-25(27-20)28-21(15-6-4-5-7-16(15)26)19(23(30)24(28)31)22(29)17-9-8-14(3)32-17/h4-11,21,30H,1-3H3. The molecule has 1 atom stereocenters. The van der Waals surface area contributed by atoms with Gasteiger partial charge in [-0.3, -0.25) is 14.5 Å². The Morgan fingerprint density at radius 1 is 1.15 bits per heavy atom. The van der Waals surface area contributed by atoms with E-state index in [0.29, 0.717) is 11.3 Å². The predicted octanol–water partition coefficient (Wildman–Crippen LogP) is 5.74. The van der Waals surface area contributed by atoms with Crippen LogP contribution in [0, 0.1) is 26.6 Å². The summed E-state index contributed by atoms with van der Waals surface area (Å²) in [6.45, 7) is 5.56. The van der Waals surface area contributed by atoms with Gasteiger partial charge in [0, 0.05) is 5.56 Å². The second-order valence-corrected chi connectivity index (χ2v) is 9.04. The van der Waals surface area contributed by atoms with Crippen molar-refractivity contribution in [1.82, 2.24) is 4.98 Å². The largest absolute Gasteiger partial charge is 0.503 e. The molecule has 0 radical (unpaired) electrons. The molecule has 0 aliphatic carbocycles. The summed E-state index contributed by atoms with van der Waals surface area (Å²) in [5, 5.41) is 11.1. The molecule has 166 valence electrons. The third kappa shape index (κ3) is 3.34. The zero-order chi connectivity index (χ0) is 23.4. The molecule has 2 aromatic carbocycles. The van der Waals surface area contributed by atoms with E-state index >= 15 is 0 Å². The van der Waals surface area contributed by atoms with Crippen molar-refractivity contribution in [3.05, 3.63) is 93.9 Å². The average Bonchev–Trinajstić information content (AvgIpc) is 3.45. The van der Waals surface area contributed by atoms with E-state index in [1.165, 1.54) is 40.5 Å². The summed E-state index contributed by atoms with van der Waals surface area (Å²) in [6.07, 6.45) is 0. The van der Waals surface area contributed by atoms with Crippen LogP contribution in [0.3, 0.4) is 0 Å². The minimum absolute atomic E-state index is 0.0409. The van der Waals surface area contributed by atoms with Crippen molar-refractivity contribution >= 4 is 38.4 Å². The SMILES string of the molecule is Cc1cc(C)c2nc(N3C(=O)C(O)=C(C(=O)c4ccc(C)o4)C3c3ccccc3F)sc2c1. The lowest BCUT2D eigenvalue weighted by Gasteiger charge is -2.24. The average molecular weight is 463 g/mol. The number of hydrogen-bond acceptors (Lipinski definition) is 6. The topological polar surface area (TPSA) is 83.6 Å². The number of carbonyl (C=O) groups is 2. The van der Waals surface area contributed by atoms with Crippen molar-refractivity contribution in [3.63, 3.8) is 0 Å². The van der Waals surface area contributed by atoms with E-state index < -0.39 is 29.3 Å². The Morgan fingerprint density at radius 3 is 2.61 bits per heavy atom. The highest BCUT2D eigenvalue weighted by atomic mass is 32.1. The second kappa shape index (κ2) is 7.67. The summed E-state index contributed by atoms with van der Waals surface area (Å²) in [7, 11) is 0. The number of fused-ring (bicyclic) bond motifs is 1. The van der Waals surface area contributed by atoms with Gasteiger partial charge in [-0.15, -0.1) is 0 Å². The smallest absolute Gasteiger partial charge is 0.296 e. The van der Waals surface area contributed by atoms with Gasteiger partial charge in [-0.1, -0.05) is 35.6 Å². The molecule has 33 heavy (non-hydrogen) atoms. The molecule has 5 rings (SSSR count). The van der Waals surface area contributed by atoms with Crippen LogP contribution in [-0.2, 0) is 4.79 Å². The van der Waals surface area contributed by atoms with Gasteiger partial charge in [0.05, 0.1) is 15.8 Å². The van der Waals surface area contributed by atoms with Gasteiger partial charge in [0.2, 0.25) is 5.78 Å². The molecule has 1 aliphatic heterocycles. The van der Waals surface area contributed by atoms with Gasteiger partial charge < -0.3 is 9.52 Å². The molecule has 2 aromatic heterocycles. The number of furan rings is 1. The van der Waals surface area contributed by atoms with Gasteiger partial charge in [-0.2, -0.15) is 0 Å². The van der Waals surface area contributed by atoms with E-state index in [1.54, 1.807) is 19.1 Å². The van der Waals surface area contributed by atoms with Gasteiger partial charge in [0.25, 0.3) is 5.91 Å². The Kier molecular flexibility index (Phi) is 4.90. The van der Waals surface area contributed by atoms with E-state index in [4.69, 9.17) is 4.42 Å². The highest BCUT2D eigenvalue weighted by Gasteiger charge is 2.47. The molecule has 0 spiro atoms. The summed E-state index contributed by atoms with van der Waals surface area (Å²) in [5.74, 6) is -2.39. The fourth-order valence-electron chi connectivity index (χ4n) is 4.18. The lowest BCUT2D eigenvalue weighted by Crippen LogP contribution is -2.31. The second-order valence-electron chi connectivity index (χ2n) is 8.03. The fraction of sp³-hybridized carbons (Fsp3) is 0.160. The number of Topliss-reactive ketones (excluding diaryl/α,β-unsaturated/α-hetero) is 1. The minimum atomic E-state index is -1.20. The number of anilines is 1. The normalized spacial score (nSPS) is 16.3. The Labute approximate surface area is 192 Å². The molecular weight excluding hydrogens is 443 g/mol. The lowest BCUT2D eigenvalue weighted by molar-refractivity contribution is -0.117. The first-order valence-corrected chi connectivity index (χ1v) is 11.1. The summed E-state index contributed by atoms with van der Waals surface area (Å²) < 4.78 is 21.2. The van der Waals surface area contributed by atoms with Crippen LogP contribution < -0.4 is 4.90 Å². The highest BCUT2D eigenvalue weighted by Crippen LogP contribution is 2.45. The van der Waals surface area contributed by atoms with Gasteiger partial charge in [-0.05, 0) is 56.2 Å². The summed E-state index contributed by atoms with van der Waals surface area (Å²) >= 11 is 1.25. The van der Waals surface area contributed by atoms with Gasteiger partial charge in [0.1, 0.15) is 17.6 Å². The Morgan fingerprint density at radius 2 is 1.91 bits per heavy atom. The van der Waals surface area contributed by atoms with Crippen molar-refractivity contribution in [3.8, 4) is 0 Å². The monoisotopic (exact) mass is 462 g/mol. The summed E-state index contributed by atoms with van der Waals surface area (Å²) in [4.78, 5) is 32.4. The van der Waals surface area contributed by atoms with Crippen LogP contribution in [0.4, 0.5) is 9.52 Å². The first-order chi connectivity index (χ1) is 15.8. The number of carbonyl (C=O) groups excluding carboxylic acids is 2. The number of nitrogens with zero attached hydrogens (tertiary/aromatic N) is 2. The highest BCUT2D eigenvalue weighted by molar-refractivity contribution is 7.22. The molecule has 4 aromatic rings. The predicted molar refractivity (Wildman–Crippen MR) is 123 cm³/mol. The maximum absolute atomic E-state index is 15.0. The van der Waals surface area contributed by atoms with E-state index in [-0.39, 0.29) is 22.0 Å². The zero-order valence-electron chi connectivity index (χ0n) is 18.0. The van der Waals surface area contributed by atoms with Crippen LogP contribution in [0.15, 0.2) is 64.3 Å². The number of aliphatic hydroxyl groups excluding tert-OH is 1. The maximum atomic E-state index is 15.0. The molecule has 8 heteroatoms. The van der Waals surface area contributed by atoms with E-state index in [2.05, 4.69) is 4.98 Å². The van der Waals surface area contributed by atoms with E-state index in [1.807, 2.05) is 26.0 Å². The number of hydrogen-bond donors (Lipinski definition) is 1. The van der Waals surface area contributed by atoms with Crippen molar-refractivity contribution in [2.24, 2.45) is 0 Å². The van der Waals surface area contributed by atoms with E-state index in [0.717, 1.165) is 15.8 Å². The van der Waals surface area contributed by atoms with Crippen molar-refractivity contribution in [2.75, 3.05) is 4.90 Å². The number of benzene rings is 2. The Hall–Kier alpha value is -3.78. The molecule has 1 unspecified atom stereocenters. The number of halogens is 1. The first-order valence-electron chi connectivity index (χ1n) is 10.3. The molecule has 3 heterocycles. The van der Waals surface area contributed by atoms with Gasteiger partial charge >= 0.3 is 0 Å². The maximum Gasteiger partial charge on any atom is 0.296 e. The van der Waals surface area contributed by atoms with Crippen LogP contribution in [0.5, 0.6) is 0 Å². The minimum Gasteiger partial charge on any atom is -0.503 e. The molecule has 0 fully saturated rings. The third-order valence-electron chi connectivity index (χ3n) is 5.64. The summed E-state index contributed by atoms with van der Waals surface area (Å²) in [6, 6.07) is 11.7. The van der Waals surface area contributed by atoms with Gasteiger partial charge in [-0.25, -0.2) is 9.37 Å². The first kappa shape index (κ1) is 21.1. The number of rotatable bonds is 4. The molecule has 0 saturated heterocycles. The van der Waals surface area contributed by atoms with Gasteiger partial charge in [0.15, 0.2) is 16.7 Å². The molecule has 1 aliphatic rings. The van der Waals surface area contributed by atoms with Crippen LogP contribution >= 0.6 is 11.3 Å². The molecule has 1 amide bonds. The molecular formula is C25H19FN2O4S. The van der Waals surface area contributed by atoms with Crippen LogP contribution in [-0.4, -0.2) is 21.8 Å². The summed E-state index contributed by atoms with van der Waals surface area (Å²) in [5.41, 5.74) is 2.52. The van der Waals surface area contributed by atoms with Crippen LogP contribution in [0.1, 0.15) is 39.0 Å². The Bertz CT molecular complexity index is 1480. The van der Waals surface area contributed by atoms with Crippen LogP contribution in [0.25, 0.3) is 10.2 Å². The lowest BCUT2D eigenvalue weighted by atomic mass is 9.95. The van der Waals surface area contributed by atoms with Crippen molar-refractivity contribution < 1.29 is 23.5 Å². The molecule has 0 saturated carbocycles. The van der Waals surface area contributed by atoms with E-state index in [9.17, 15) is 19.1 Å². The number of thiazole rings is 1. The number of aryl methyl sites for hydroxylation is 3. The molecule has 1 N–H and O–H groups in total. The molecule has 0 bridgehead atoms. The quantitative estimate of drug-likeness (QED) is 0.391. The van der Waals surface area contributed by atoms with Crippen LogP contribution in [0.2, 0.25) is 0 Å². The molecule has 6 nitrogen and oxygen atoms in total. The number of aliphatic hydroxyl groups is 1. The fourth-order valence-corrected chi connectivity index (χ4v) is 5.35. The number of ketones is 1. The Balaban J connectivity index is 1.71.